The number of hydrogen-bond acceptors (Lipinski definition) is 14. The van der Waals surface area contributed by atoms with E-state index in [-0.39, 0.29) is 76.3 Å². The topological polar surface area (TPSA) is 445 Å². The molecule has 440 valence electrons. The molecule has 27 nitrogen and oxygen atoms in total. The third-order valence-electron chi connectivity index (χ3n) is 14.4. The van der Waals surface area contributed by atoms with Crippen LogP contribution >= 0.6 is 21.6 Å². The zero-order valence-electron chi connectivity index (χ0n) is 45.2. The monoisotopic (exact) mass is 1150 g/mol. The van der Waals surface area contributed by atoms with Crippen LogP contribution in [0.1, 0.15) is 109 Å². The lowest BCUT2D eigenvalue weighted by atomic mass is 9.85. The number of rotatable bonds is 20. The number of H-pyrrole nitrogens is 1. The number of nitrogens with zero attached hydrogens (tertiary/aromatic N) is 2. The van der Waals surface area contributed by atoms with E-state index < -0.39 is 131 Å². The number of hydrogen-bond donors (Lipinski definition) is 14. The normalized spacial score (nSPS) is 23.2. The molecule has 1 unspecified atom stereocenters. The van der Waals surface area contributed by atoms with Crippen LogP contribution in [0.4, 0.5) is 4.79 Å². The molecule has 1 aromatic carbocycles. The lowest BCUT2D eigenvalue weighted by Crippen LogP contribution is -2.61. The molecule has 3 fully saturated rings. The number of aromatic nitrogens is 1. The molecule has 2 saturated heterocycles. The molecule has 1 saturated carbocycles. The number of urea groups is 1. The summed E-state index contributed by atoms with van der Waals surface area (Å²) < 4.78 is -0.724. The van der Waals surface area contributed by atoms with Gasteiger partial charge in [0.1, 0.15) is 42.3 Å². The Bertz CT molecular complexity index is 2590. The van der Waals surface area contributed by atoms with E-state index in [1.54, 1.807) is 13.1 Å². The second kappa shape index (κ2) is 30.9. The molecule has 8 atom stereocenters. The van der Waals surface area contributed by atoms with E-state index in [2.05, 4.69) is 52.5 Å². The first-order valence-electron chi connectivity index (χ1n) is 27.0. The highest BCUT2D eigenvalue weighted by Gasteiger charge is 2.42. The van der Waals surface area contributed by atoms with E-state index >= 15 is 0 Å². The van der Waals surface area contributed by atoms with Gasteiger partial charge in [0.25, 0.3) is 0 Å². The van der Waals surface area contributed by atoms with Gasteiger partial charge in [0.2, 0.25) is 59.1 Å². The Balaban J connectivity index is 1.53. The molecule has 1 aliphatic carbocycles. The molecule has 3 heterocycles. The molecule has 80 heavy (non-hydrogen) atoms. The summed E-state index contributed by atoms with van der Waals surface area (Å²) in [6, 6.07) is -2.80. The fraction of sp³-hybridized carbons (Fsp3) is 0.608. The van der Waals surface area contributed by atoms with Crippen LogP contribution in [0.25, 0.3) is 10.9 Å². The predicted molar refractivity (Wildman–Crippen MR) is 301 cm³/mol. The Hall–Kier alpha value is -7.30. The fourth-order valence-corrected chi connectivity index (χ4v) is 13.3. The number of primary amides is 3. The summed E-state index contributed by atoms with van der Waals surface area (Å²) >= 11 is 0. The number of aromatic amines is 1. The van der Waals surface area contributed by atoms with E-state index in [1.807, 2.05) is 31.2 Å². The van der Waals surface area contributed by atoms with Gasteiger partial charge in [-0.2, -0.15) is 0 Å². The Labute approximate surface area is 471 Å². The highest BCUT2D eigenvalue weighted by atomic mass is 33.1. The van der Waals surface area contributed by atoms with Gasteiger partial charge in [-0.05, 0) is 68.9 Å². The third kappa shape index (κ3) is 19.2. The third-order valence-corrected chi connectivity index (χ3v) is 17.7. The van der Waals surface area contributed by atoms with E-state index in [1.165, 1.54) is 26.5 Å². The van der Waals surface area contributed by atoms with Crippen molar-refractivity contribution in [2.24, 2.45) is 39.6 Å². The summed E-state index contributed by atoms with van der Waals surface area (Å²) in [5.74, 6) is -8.73. The van der Waals surface area contributed by atoms with Crippen LogP contribution in [0.5, 0.6) is 0 Å². The van der Waals surface area contributed by atoms with Gasteiger partial charge in [-0.25, -0.2) is 4.79 Å². The van der Waals surface area contributed by atoms with Crippen LogP contribution in [0.2, 0.25) is 0 Å². The van der Waals surface area contributed by atoms with Gasteiger partial charge < -0.3 is 81.1 Å². The van der Waals surface area contributed by atoms with Gasteiger partial charge >= 0.3 is 6.03 Å². The number of para-hydroxylation sites is 1. The summed E-state index contributed by atoms with van der Waals surface area (Å²) in [6.45, 7) is 3.15. The van der Waals surface area contributed by atoms with Crippen molar-refractivity contribution in [2.75, 3.05) is 31.9 Å². The number of nitrogens with one attached hydrogen (secondary N) is 9. The summed E-state index contributed by atoms with van der Waals surface area (Å²) in [5, 5.41) is 22.1. The molecule has 12 amide bonds. The Morgan fingerprint density at radius 3 is 2.20 bits per heavy atom. The van der Waals surface area contributed by atoms with Crippen molar-refractivity contribution in [3.8, 4) is 0 Å². The standard InChI is InChI=1S/C51H78N16O11S2/c1-3-28(2)41-47(76)63-33(15-10-20-58-50(56)78)43(72)64-35(23-38(52)68)44(73)65-36(48(77)67-21-11-16-37(67)46(75)62-32(14-9-19-57-49(54)55)42(71)60-26-39(53)69)27-79-80-51(17-7-4-8-18-51)24-40(70)61-34(45(74)66-41)22-29-25-59-31-13-6-5-12-30(29)31/h5-6,12-13,25,28,32-37,41,59H,3-4,7-11,14-24,26-27H2,1-2H3,(H2,52,68)(H2,53,69)(H,60,71)(H,61,70)(H,62,75)(H,63,76)(H,64,72)(H,65,73)(H,66,74)(H4,54,55,57)(H3,56,58,78)/t28-,32-,33?,34+,35-,36-,37-,41-/m0/s1. The lowest BCUT2D eigenvalue weighted by molar-refractivity contribution is -0.142. The first kappa shape index (κ1) is 63.5. The SMILES string of the molecule is CC[C@H](C)[C@@H]1NC(=O)[C@@H](Cc2c[nH]c3ccccc23)NC(=O)CC2(CCCCC2)SSC[C@@H](C(=O)N2CCC[C@H]2C(=O)N[C@@H](CCCN=C(N)N)C(=O)NCC(N)=O)NC(=O)[C@H](CC(N)=O)NC(=O)C(CCCNC(N)=O)NC1=O. The van der Waals surface area contributed by atoms with Crippen molar-refractivity contribution in [3.63, 3.8) is 0 Å². The highest BCUT2D eigenvalue weighted by molar-refractivity contribution is 8.77. The smallest absolute Gasteiger partial charge is 0.312 e. The molecule has 2 aliphatic heterocycles. The second-order valence-electron chi connectivity index (χ2n) is 20.5. The first-order valence-corrected chi connectivity index (χ1v) is 29.3. The number of amides is 12. The molecular formula is C51H78N16O11S2. The van der Waals surface area contributed by atoms with Crippen molar-refractivity contribution in [1.82, 2.24) is 52.4 Å². The van der Waals surface area contributed by atoms with Crippen LogP contribution in [0.15, 0.2) is 35.5 Å². The van der Waals surface area contributed by atoms with Gasteiger partial charge in [0.15, 0.2) is 5.96 Å². The predicted octanol–water partition coefficient (Wildman–Crippen LogP) is -1.88. The zero-order valence-corrected chi connectivity index (χ0v) is 46.9. The summed E-state index contributed by atoms with van der Waals surface area (Å²) in [7, 11) is 2.56. The molecule has 29 heteroatoms. The average Bonchev–Trinajstić information content (AvgIpc) is 4.10. The van der Waals surface area contributed by atoms with E-state index in [9.17, 15) is 52.7 Å². The first-order chi connectivity index (χ1) is 38.1. The average molecular weight is 1160 g/mol. The van der Waals surface area contributed by atoms with Gasteiger partial charge in [0, 0.05) is 60.1 Å². The molecule has 0 bridgehead atoms. The number of fused-ring (bicyclic) bond motifs is 1. The maximum atomic E-state index is 15.0. The summed E-state index contributed by atoms with van der Waals surface area (Å²) in [4.78, 5) is 159. The highest BCUT2D eigenvalue weighted by Crippen LogP contribution is 2.48. The van der Waals surface area contributed by atoms with Gasteiger partial charge in [-0.1, -0.05) is 79.3 Å². The van der Waals surface area contributed by atoms with E-state index in [0.29, 0.717) is 25.7 Å². The zero-order chi connectivity index (χ0) is 58.5. The summed E-state index contributed by atoms with van der Waals surface area (Å²) in [5.41, 5.74) is 28.6. The molecule has 2 aromatic rings. The fourth-order valence-electron chi connectivity index (χ4n) is 9.96. The van der Waals surface area contributed by atoms with Gasteiger partial charge in [-0.3, -0.25) is 52.9 Å². The van der Waals surface area contributed by atoms with Crippen molar-refractivity contribution in [2.45, 2.75) is 157 Å². The number of nitrogens with two attached hydrogens (primary N) is 5. The van der Waals surface area contributed by atoms with E-state index in [0.717, 1.165) is 35.7 Å². The van der Waals surface area contributed by atoms with Crippen LogP contribution in [-0.2, 0) is 54.4 Å². The molecule has 19 N–H and O–H groups in total. The largest absolute Gasteiger partial charge is 0.370 e. The van der Waals surface area contributed by atoms with Crippen molar-refractivity contribution < 1.29 is 52.7 Å². The summed E-state index contributed by atoms with van der Waals surface area (Å²) in [6.07, 6.45) is 5.64. The van der Waals surface area contributed by atoms with Crippen LogP contribution in [-0.4, -0.2) is 160 Å². The Morgan fingerprint density at radius 2 is 1.51 bits per heavy atom. The minimum absolute atomic E-state index is 0.0261. The molecule has 1 aromatic heterocycles. The lowest BCUT2D eigenvalue weighted by Gasteiger charge is -2.37. The number of carbonyl (C=O) groups excluding carboxylic acids is 11. The molecular weight excluding hydrogens is 1080 g/mol. The Kier molecular flexibility index (Phi) is 24.5. The van der Waals surface area contributed by atoms with Crippen LogP contribution < -0.4 is 71.2 Å². The van der Waals surface area contributed by atoms with Crippen molar-refractivity contribution >= 4 is 104 Å². The number of aliphatic imine (C=N–C) groups is 1. The van der Waals surface area contributed by atoms with Crippen molar-refractivity contribution in [3.05, 3.63) is 36.0 Å². The van der Waals surface area contributed by atoms with E-state index in [4.69, 9.17) is 28.7 Å². The van der Waals surface area contributed by atoms with Crippen LogP contribution in [0.3, 0.4) is 0 Å². The Morgan fingerprint density at radius 1 is 0.812 bits per heavy atom. The number of guanidine groups is 1. The minimum atomic E-state index is -1.72. The quantitative estimate of drug-likeness (QED) is 0.0299. The molecule has 1 spiro atoms. The van der Waals surface area contributed by atoms with Gasteiger partial charge in [-0.15, -0.1) is 0 Å². The number of benzene rings is 1. The maximum Gasteiger partial charge on any atom is 0.312 e. The van der Waals surface area contributed by atoms with Crippen LogP contribution in [0, 0.1) is 5.92 Å². The maximum absolute atomic E-state index is 15.0. The van der Waals surface area contributed by atoms with Gasteiger partial charge in [0.05, 0.1) is 13.0 Å². The van der Waals surface area contributed by atoms with Crippen molar-refractivity contribution in [1.29, 1.82) is 0 Å². The molecule has 0 radical (unpaired) electrons. The number of carbonyl (C=O) groups is 11. The molecule has 3 aliphatic rings. The minimum Gasteiger partial charge on any atom is -0.370 e. The number of likely N-dealkylation sites (tertiary alicyclic amines) is 1. The second-order valence-corrected chi connectivity index (χ2v) is 23.3. The molecule has 5 rings (SSSR count).